The van der Waals surface area contributed by atoms with E-state index in [0.29, 0.717) is 10.5 Å². The minimum atomic E-state index is -3.31. The summed E-state index contributed by atoms with van der Waals surface area (Å²) in [5.41, 5.74) is 2.44. The highest BCUT2D eigenvalue weighted by Crippen LogP contribution is 2.33. The van der Waals surface area contributed by atoms with Crippen LogP contribution in [0.5, 0.6) is 0 Å². The Hall–Kier alpha value is -3.97. The summed E-state index contributed by atoms with van der Waals surface area (Å²) in [6, 6.07) is 13.6. The Kier molecular flexibility index (Phi) is 10.0. The van der Waals surface area contributed by atoms with Gasteiger partial charge in [-0.15, -0.1) is 12.3 Å². The van der Waals surface area contributed by atoms with Gasteiger partial charge in [-0.05, 0) is 29.7 Å². The smallest absolute Gasteiger partial charge is 0.267 e. The molecule has 1 heterocycles. The van der Waals surface area contributed by atoms with E-state index in [2.05, 4.69) is 16.6 Å². The van der Waals surface area contributed by atoms with Crippen LogP contribution < -0.4 is 15.5 Å². The van der Waals surface area contributed by atoms with Gasteiger partial charge in [0.2, 0.25) is 11.8 Å². The van der Waals surface area contributed by atoms with Gasteiger partial charge < -0.3 is 25.5 Å². The monoisotopic (exact) mass is 540 g/mol. The summed E-state index contributed by atoms with van der Waals surface area (Å²) in [4.78, 5) is 41.3. The Morgan fingerprint density at radius 1 is 1.13 bits per heavy atom. The maximum atomic E-state index is 14.5. The van der Waals surface area contributed by atoms with Crippen molar-refractivity contribution in [2.75, 3.05) is 25.5 Å². The number of nitrogens with one attached hydrogen (secondary N) is 2. The van der Waals surface area contributed by atoms with Crippen molar-refractivity contribution < 1.29 is 28.3 Å². The zero-order valence-corrected chi connectivity index (χ0v) is 22.1. The Labute approximate surface area is 227 Å². The second kappa shape index (κ2) is 13.2. The third-order valence-electron chi connectivity index (χ3n) is 6.55. The van der Waals surface area contributed by atoms with Gasteiger partial charge in [-0.1, -0.05) is 42.5 Å². The van der Waals surface area contributed by atoms with E-state index in [0.717, 1.165) is 11.3 Å². The highest BCUT2D eigenvalue weighted by atomic mass is 19.3. The number of benzene rings is 2. The SMILES string of the molecule is C#CCCC(=O)NC(Cc1ccccc1)C(O)C(=O)N1CC(F)(F)CC1C(=O)NCc1ccc(N(C)C)cc1. The number of amides is 3. The molecule has 8 nitrogen and oxygen atoms in total. The second-order valence-electron chi connectivity index (χ2n) is 9.83. The van der Waals surface area contributed by atoms with E-state index in [4.69, 9.17) is 6.42 Å². The number of halogens is 2. The van der Waals surface area contributed by atoms with E-state index in [9.17, 15) is 28.3 Å². The second-order valence-corrected chi connectivity index (χ2v) is 9.83. The number of aliphatic hydroxyl groups excluding tert-OH is 1. The molecule has 0 aliphatic carbocycles. The van der Waals surface area contributed by atoms with Gasteiger partial charge in [0.25, 0.3) is 11.8 Å². The van der Waals surface area contributed by atoms with Crippen LogP contribution in [0.25, 0.3) is 0 Å². The van der Waals surface area contributed by atoms with Crippen LogP contribution in [0.2, 0.25) is 0 Å². The number of anilines is 1. The van der Waals surface area contributed by atoms with E-state index in [1.54, 1.807) is 30.3 Å². The minimum absolute atomic E-state index is 0.0228. The largest absolute Gasteiger partial charge is 0.381 e. The predicted octanol–water partition coefficient (Wildman–Crippen LogP) is 2.11. The third-order valence-corrected chi connectivity index (χ3v) is 6.55. The molecule has 3 rings (SSSR count). The van der Waals surface area contributed by atoms with Crippen molar-refractivity contribution in [2.45, 2.75) is 56.3 Å². The molecule has 2 aromatic carbocycles. The quantitative estimate of drug-likeness (QED) is 0.379. The van der Waals surface area contributed by atoms with Gasteiger partial charge >= 0.3 is 0 Å². The lowest BCUT2D eigenvalue weighted by atomic mass is 9.99. The molecule has 2 aromatic rings. The summed E-state index contributed by atoms with van der Waals surface area (Å²) in [5.74, 6) is -3.25. The number of hydrogen-bond donors (Lipinski definition) is 3. The Morgan fingerprint density at radius 2 is 1.79 bits per heavy atom. The van der Waals surface area contributed by atoms with Gasteiger partial charge in [-0.3, -0.25) is 14.4 Å². The average molecular weight is 541 g/mol. The zero-order valence-electron chi connectivity index (χ0n) is 22.1. The molecule has 10 heteroatoms. The van der Waals surface area contributed by atoms with Crippen LogP contribution in [0.15, 0.2) is 54.6 Å². The number of likely N-dealkylation sites (tertiary alicyclic amines) is 1. The normalized spacial score (nSPS) is 17.5. The number of alkyl halides is 2. The fourth-order valence-corrected chi connectivity index (χ4v) is 4.42. The molecule has 208 valence electrons. The standard InChI is InChI=1S/C29H34F2N4O4/c1-4-5-11-25(36)33-23(16-20-9-7-6-8-10-20)26(37)28(39)35-19-29(30,31)17-24(35)27(38)32-18-21-12-14-22(15-13-21)34(2)3/h1,6-10,12-15,23-24,26,37H,5,11,16-19H2,2-3H3,(H,32,38)(H,33,36). The molecule has 3 unspecified atom stereocenters. The van der Waals surface area contributed by atoms with Gasteiger partial charge in [0.1, 0.15) is 6.04 Å². The first-order valence-electron chi connectivity index (χ1n) is 12.7. The fraction of sp³-hybridized carbons (Fsp3) is 0.414. The van der Waals surface area contributed by atoms with Crippen LogP contribution in [0.3, 0.4) is 0 Å². The highest BCUT2D eigenvalue weighted by molar-refractivity contribution is 5.91. The van der Waals surface area contributed by atoms with Crippen molar-refractivity contribution in [1.29, 1.82) is 0 Å². The Bertz CT molecular complexity index is 1180. The molecule has 3 amide bonds. The fourth-order valence-electron chi connectivity index (χ4n) is 4.42. The molecule has 0 saturated carbocycles. The van der Waals surface area contributed by atoms with Crippen molar-refractivity contribution >= 4 is 23.4 Å². The molecule has 39 heavy (non-hydrogen) atoms. The van der Waals surface area contributed by atoms with Crippen molar-refractivity contribution in [3.05, 3.63) is 65.7 Å². The Balaban J connectivity index is 1.74. The molecule has 0 bridgehead atoms. The van der Waals surface area contributed by atoms with Crippen LogP contribution in [0.1, 0.15) is 30.4 Å². The summed E-state index contributed by atoms with van der Waals surface area (Å²) >= 11 is 0. The lowest BCUT2D eigenvalue weighted by Crippen LogP contribution is -2.55. The third kappa shape index (κ3) is 8.26. The Morgan fingerprint density at radius 3 is 2.41 bits per heavy atom. The number of aliphatic hydroxyl groups is 1. The number of terminal acetylenes is 1. The predicted molar refractivity (Wildman–Crippen MR) is 144 cm³/mol. The van der Waals surface area contributed by atoms with Crippen LogP contribution >= 0.6 is 0 Å². The first kappa shape index (κ1) is 29.6. The molecular weight excluding hydrogens is 506 g/mol. The molecule has 1 fully saturated rings. The topological polar surface area (TPSA) is 102 Å². The van der Waals surface area contributed by atoms with E-state index < -0.39 is 54.8 Å². The van der Waals surface area contributed by atoms with Gasteiger partial charge in [0, 0.05) is 45.6 Å². The van der Waals surface area contributed by atoms with E-state index in [1.807, 2.05) is 43.3 Å². The molecule has 1 aliphatic rings. The van der Waals surface area contributed by atoms with Crippen molar-refractivity contribution in [3.8, 4) is 12.3 Å². The molecule has 3 N–H and O–H groups in total. The van der Waals surface area contributed by atoms with E-state index >= 15 is 0 Å². The number of hydrogen-bond acceptors (Lipinski definition) is 5. The van der Waals surface area contributed by atoms with E-state index in [1.165, 1.54) is 0 Å². The van der Waals surface area contributed by atoms with Crippen LogP contribution in [-0.2, 0) is 27.3 Å². The first-order valence-corrected chi connectivity index (χ1v) is 12.7. The van der Waals surface area contributed by atoms with Crippen LogP contribution in [-0.4, -0.2) is 72.5 Å². The van der Waals surface area contributed by atoms with E-state index in [-0.39, 0.29) is 25.8 Å². The number of carbonyl (C=O) groups is 3. The molecular formula is C29H34F2N4O4. The van der Waals surface area contributed by atoms with Gasteiger partial charge in [-0.2, -0.15) is 0 Å². The van der Waals surface area contributed by atoms with Gasteiger partial charge in [-0.25, -0.2) is 8.78 Å². The zero-order chi connectivity index (χ0) is 28.6. The lowest BCUT2D eigenvalue weighted by Gasteiger charge is -2.30. The summed E-state index contributed by atoms with van der Waals surface area (Å²) in [5, 5.41) is 16.2. The molecule has 1 aliphatic heterocycles. The first-order chi connectivity index (χ1) is 18.5. The van der Waals surface area contributed by atoms with Crippen LogP contribution in [0.4, 0.5) is 14.5 Å². The molecule has 3 atom stereocenters. The summed E-state index contributed by atoms with van der Waals surface area (Å²) < 4.78 is 28.9. The number of rotatable bonds is 11. The number of nitrogens with zero attached hydrogens (tertiary/aromatic N) is 2. The lowest BCUT2D eigenvalue weighted by molar-refractivity contribution is -0.147. The number of carbonyl (C=O) groups excluding carboxylic acids is 3. The molecule has 0 aromatic heterocycles. The summed E-state index contributed by atoms with van der Waals surface area (Å²) in [6.45, 7) is -0.928. The van der Waals surface area contributed by atoms with Crippen molar-refractivity contribution in [3.63, 3.8) is 0 Å². The maximum absolute atomic E-state index is 14.5. The van der Waals surface area contributed by atoms with Gasteiger partial charge in [0.15, 0.2) is 6.10 Å². The van der Waals surface area contributed by atoms with Crippen molar-refractivity contribution in [1.82, 2.24) is 15.5 Å². The molecule has 1 saturated heterocycles. The molecule has 0 spiro atoms. The maximum Gasteiger partial charge on any atom is 0.267 e. The minimum Gasteiger partial charge on any atom is -0.381 e. The molecule has 0 radical (unpaired) electrons. The summed E-state index contributed by atoms with van der Waals surface area (Å²) in [7, 11) is 3.79. The van der Waals surface area contributed by atoms with Crippen molar-refractivity contribution in [2.24, 2.45) is 0 Å². The van der Waals surface area contributed by atoms with Gasteiger partial charge in [0.05, 0.1) is 12.6 Å². The average Bonchev–Trinajstić information content (AvgIpc) is 3.25. The highest BCUT2D eigenvalue weighted by Gasteiger charge is 2.51. The summed E-state index contributed by atoms with van der Waals surface area (Å²) in [6.07, 6.45) is 2.70. The van der Waals surface area contributed by atoms with Crippen LogP contribution in [0, 0.1) is 12.3 Å².